The fourth-order valence-electron chi connectivity index (χ4n) is 3.99. The molecule has 30 heavy (non-hydrogen) atoms. The number of hydrogen-bond acceptors (Lipinski definition) is 5. The summed E-state index contributed by atoms with van der Waals surface area (Å²) in [6, 6.07) is 18.5. The summed E-state index contributed by atoms with van der Waals surface area (Å²) in [5, 5.41) is 0. The Bertz CT molecular complexity index is 1010. The Balaban J connectivity index is 1.87. The minimum absolute atomic E-state index is 0.419. The van der Waals surface area contributed by atoms with Crippen molar-refractivity contribution in [2.75, 3.05) is 16.4 Å². The molecule has 0 saturated heterocycles. The summed E-state index contributed by atoms with van der Waals surface area (Å²) in [6.45, 7) is 4.45. The Kier molecular flexibility index (Phi) is 6.00. The van der Waals surface area contributed by atoms with E-state index in [0.717, 1.165) is 24.2 Å². The van der Waals surface area contributed by atoms with Crippen LogP contribution in [0.1, 0.15) is 32.3 Å². The van der Waals surface area contributed by atoms with E-state index < -0.39 is 6.35 Å². The van der Waals surface area contributed by atoms with Gasteiger partial charge in [0, 0.05) is 24.1 Å². The summed E-state index contributed by atoms with van der Waals surface area (Å²) in [5.74, 6) is 1.27. The van der Waals surface area contributed by atoms with Gasteiger partial charge in [0.15, 0.2) is 11.6 Å². The van der Waals surface area contributed by atoms with Crippen molar-refractivity contribution in [2.24, 2.45) is 10.7 Å². The molecular formula is C25H28N4O. The number of aliphatic imine (C=N–C) groups is 1. The van der Waals surface area contributed by atoms with Gasteiger partial charge in [-0.3, -0.25) is 9.80 Å². The predicted octanol–water partition coefficient (Wildman–Crippen LogP) is 5.24. The normalized spacial score (nSPS) is 19.1. The molecule has 2 aliphatic rings. The van der Waals surface area contributed by atoms with Crippen molar-refractivity contribution in [3.8, 4) is 0 Å². The SMILES string of the molecule is CC=NC1=C(N)N(c2ccccc2C2=CC=CCC2)C(OCC)N1c1ccccc1. The Morgan fingerprint density at radius 2 is 1.87 bits per heavy atom. The van der Waals surface area contributed by atoms with E-state index in [4.69, 9.17) is 10.5 Å². The second-order valence-electron chi connectivity index (χ2n) is 7.13. The molecule has 5 nitrogen and oxygen atoms in total. The Hall–Kier alpha value is -3.31. The second-order valence-corrected chi connectivity index (χ2v) is 7.13. The molecule has 0 fully saturated rings. The van der Waals surface area contributed by atoms with Crippen LogP contribution in [0.2, 0.25) is 0 Å². The third-order valence-electron chi connectivity index (χ3n) is 5.28. The molecule has 2 aromatic rings. The third-order valence-corrected chi connectivity index (χ3v) is 5.28. The van der Waals surface area contributed by atoms with Gasteiger partial charge in [0.1, 0.15) is 0 Å². The molecule has 0 aromatic heterocycles. The maximum absolute atomic E-state index is 6.72. The van der Waals surface area contributed by atoms with E-state index in [1.165, 1.54) is 11.1 Å². The highest BCUT2D eigenvalue weighted by Crippen LogP contribution is 2.40. The van der Waals surface area contributed by atoms with Gasteiger partial charge in [-0.05, 0) is 50.5 Å². The molecule has 5 heteroatoms. The molecule has 1 aliphatic carbocycles. The van der Waals surface area contributed by atoms with Crippen molar-refractivity contribution in [3.63, 3.8) is 0 Å². The van der Waals surface area contributed by atoms with E-state index in [-0.39, 0.29) is 0 Å². The van der Waals surface area contributed by atoms with Crippen LogP contribution in [0.25, 0.3) is 5.57 Å². The first kappa shape index (κ1) is 20.0. The topological polar surface area (TPSA) is 54.1 Å². The number of ether oxygens (including phenoxy) is 1. The number of anilines is 2. The van der Waals surface area contributed by atoms with Crippen molar-refractivity contribution < 1.29 is 4.74 Å². The Morgan fingerprint density at radius 1 is 1.10 bits per heavy atom. The monoisotopic (exact) mass is 400 g/mol. The van der Waals surface area contributed by atoms with Gasteiger partial charge < -0.3 is 10.5 Å². The summed E-state index contributed by atoms with van der Waals surface area (Å²) in [7, 11) is 0. The largest absolute Gasteiger partial charge is 0.382 e. The first-order valence-electron chi connectivity index (χ1n) is 10.4. The number of allylic oxidation sites excluding steroid dienone is 4. The summed E-state index contributed by atoms with van der Waals surface area (Å²) in [4.78, 5) is 8.74. The molecule has 0 amide bonds. The number of nitrogens with two attached hydrogens (primary N) is 1. The smallest absolute Gasteiger partial charge is 0.221 e. The fraction of sp³-hybridized carbons (Fsp3) is 0.240. The number of nitrogens with zero attached hydrogens (tertiary/aromatic N) is 3. The molecule has 2 aromatic carbocycles. The van der Waals surface area contributed by atoms with Crippen LogP contribution >= 0.6 is 0 Å². The van der Waals surface area contributed by atoms with Crippen LogP contribution in [0.15, 0.2) is 89.5 Å². The van der Waals surface area contributed by atoms with Gasteiger partial charge in [-0.2, -0.15) is 0 Å². The zero-order chi connectivity index (χ0) is 20.9. The van der Waals surface area contributed by atoms with Crippen LogP contribution in [-0.4, -0.2) is 19.2 Å². The standard InChI is InChI=1S/C25H28N4O/c1-3-27-24-23(26)29(25(30-4-2)28(24)20-15-9-6-10-16-20)22-18-12-11-17-21(22)19-13-7-5-8-14-19/h3,5-7,9-13,15-18,25H,4,8,14,26H2,1-2H3. The van der Waals surface area contributed by atoms with Crippen molar-refractivity contribution >= 4 is 23.2 Å². The number of hydrogen-bond donors (Lipinski definition) is 1. The molecule has 0 radical (unpaired) electrons. The zero-order valence-electron chi connectivity index (χ0n) is 17.5. The lowest BCUT2D eigenvalue weighted by atomic mass is 9.95. The van der Waals surface area contributed by atoms with E-state index >= 15 is 0 Å². The zero-order valence-corrected chi connectivity index (χ0v) is 17.5. The molecular weight excluding hydrogens is 372 g/mol. The lowest BCUT2D eigenvalue weighted by Gasteiger charge is -2.34. The molecule has 1 unspecified atom stereocenters. The molecule has 0 saturated carbocycles. The molecule has 1 atom stereocenters. The van der Waals surface area contributed by atoms with E-state index in [9.17, 15) is 0 Å². The van der Waals surface area contributed by atoms with Gasteiger partial charge in [-0.15, -0.1) is 0 Å². The van der Waals surface area contributed by atoms with Crippen LogP contribution < -0.4 is 15.5 Å². The average Bonchev–Trinajstić information content (AvgIpc) is 3.06. The van der Waals surface area contributed by atoms with E-state index in [2.05, 4.69) is 51.2 Å². The van der Waals surface area contributed by atoms with Gasteiger partial charge in [0.25, 0.3) is 0 Å². The van der Waals surface area contributed by atoms with E-state index in [1.54, 1.807) is 6.21 Å². The highest BCUT2D eigenvalue weighted by atomic mass is 16.5. The van der Waals surface area contributed by atoms with Crippen molar-refractivity contribution in [2.45, 2.75) is 33.0 Å². The van der Waals surface area contributed by atoms with Crippen LogP contribution in [-0.2, 0) is 4.74 Å². The van der Waals surface area contributed by atoms with Crippen molar-refractivity contribution in [1.82, 2.24) is 0 Å². The van der Waals surface area contributed by atoms with Gasteiger partial charge >= 0.3 is 0 Å². The summed E-state index contributed by atoms with van der Waals surface area (Å²) >= 11 is 0. The quantitative estimate of drug-likeness (QED) is 0.674. The molecule has 0 bridgehead atoms. The van der Waals surface area contributed by atoms with Crippen LogP contribution in [0.4, 0.5) is 11.4 Å². The van der Waals surface area contributed by atoms with Crippen molar-refractivity contribution in [1.29, 1.82) is 0 Å². The lowest BCUT2D eigenvalue weighted by molar-refractivity contribution is 0.0730. The van der Waals surface area contributed by atoms with Crippen LogP contribution in [0.3, 0.4) is 0 Å². The van der Waals surface area contributed by atoms with E-state index in [1.807, 2.05) is 50.2 Å². The molecule has 4 rings (SSSR count). The highest BCUT2D eigenvalue weighted by Gasteiger charge is 2.40. The van der Waals surface area contributed by atoms with Gasteiger partial charge in [0.2, 0.25) is 6.35 Å². The molecule has 2 N–H and O–H groups in total. The first-order valence-corrected chi connectivity index (χ1v) is 10.4. The minimum atomic E-state index is -0.419. The molecule has 1 aliphatic heterocycles. The molecule has 0 spiro atoms. The fourth-order valence-corrected chi connectivity index (χ4v) is 3.99. The highest BCUT2D eigenvalue weighted by molar-refractivity contribution is 5.81. The average molecular weight is 401 g/mol. The second kappa shape index (κ2) is 9.01. The van der Waals surface area contributed by atoms with Crippen LogP contribution in [0.5, 0.6) is 0 Å². The maximum atomic E-state index is 6.72. The first-order chi connectivity index (χ1) is 14.8. The molecule has 1 heterocycles. The summed E-state index contributed by atoms with van der Waals surface area (Å²) in [5.41, 5.74) is 11.2. The third kappa shape index (κ3) is 3.64. The van der Waals surface area contributed by atoms with Crippen LogP contribution in [0, 0.1) is 0 Å². The van der Waals surface area contributed by atoms with Crippen molar-refractivity contribution in [3.05, 3.63) is 90.0 Å². The number of rotatable bonds is 6. The van der Waals surface area contributed by atoms with Gasteiger partial charge in [0.05, 0.1) is 5.69 Å². The Morgan fingerprint density at radius 3 is 2.57 bits per heavy atom. The molecule has 154 valence electrons. The maximum Gasteiger partial charge on any atom is 0.221 e. The van der Waals surface area contributed by atoms with Gasteiger partial charge in [-0.1, -0.05) is 54.6 Å². The lowest BCUT2D eigenvalue weighted by Crippen LogP contribution is -2.44. The number of benzene rings is 2. The van der Waals surface area contributed by atoms with E-state index in [0.29, 0.717) is 18.2 Å². The van der Waals surface area contributed by atoms with Gasteiger partial charge in [-0.25, -0.2) is 4.99 Å². The summed E-state index contributed by atoms with van der Waals surface area (Å²) in [6.07, 6.45) is 9.91. The Labute approximate surface area is 178 Å². The number of para-hydroxylation sites is 2. The summed E-state index contributed by atoms with van der Waals surface area (Å²) < 4.78 is 6.25. The minimum Gasteiger partial charge on any atom is -0.382 e. The predicted molar refractivity (Wildman–Crippen MR) is 125 cm³/mol.